The Morgan fingerprint density at radius 1 is 1.07 bits per heavy atom. The van der Waals surface area contributed by atoms with Gasteiger partial charge in [0.25, 0.3) is 0 Å². The van der Waals surface area contributed by atoms with Crippen molar-refractivity contribution in [3.05, 3.63) is 65.7 Å². The molecule has 0 saturated carbocycles. The molecule has 4 nitrogen and oxygen atoms in total. The number of carbonyl (C=O) groups excluding carboxylic acids is 2. The van der Waals surface area contributed by atoms with Gasteiger partial charge < -0.3 is 10.2 Å². The molecule has 2 amide bonds. The van der Waals surface area contributed by atoms with Crippen molar-refractivity contribution >= 4 is 23.6 Å². The van der Waals surface area contributed by atoms with Crippen LogP contribution in [0.5, 0.6) is 0 Å². The van der Waals surface area contributed by atoms with Crippen LogP contribution in [0.3, 0.4) is 0 Å². The Balaban J connectivity index is 2.14. The first-order chi connectivity index (χ1) is 13.4. The molecule has 0 bridgehead atoms. The summed E-state index contributed by atoms with van der Waals surface area (Å²) < 4.78 is 0. The van der Waals surface area contributed by atoms with Crippen molar-refractivity contribution in [2.75, 3.05) is 5.75 Å². The summed E-state index contributed by atoms with van der Waals surface area (Å²) in [7, 11) is 0. The molecular weight excluding hydrogens is 368 g/mol. The van der Waals surface area contributed by atoms with Crippen molar-refractivity contribution < 1.29 is 9.59 Å². The van der Waals surface area contributed by atoms with Crippen LogP contribution in [-0.2, 0) is 16.1 Å². The zero-order valence-corrected chi connectivity index (χ0v) is 18.0. The Hall–Kier alpha value is -2.27. The number of nitrogens with zero attached hydrogens (tertiary/aromatic N) is 1. The maximum atomic E-state index is 13.0. The summed E-state index contributed by atoms with van der Waals surface area (Å²) in [6.07, 6.45) is 0.855. The first-order valence-electron chi connectivity index (χ1n) is 9.74. The van der Waals surface area contributed by atoms with Crippen LogP contribution in [0.1, 0.15) is 38.3 Å². The molecule has 2 aromatic carbocycles. The van der Waals surface area contributed by atoms with Gasteiger partial charge in [-0.05, 0) is 44.9 Å². The highest BCUT2D eigenvalue weighted by molar-refractivity contribution is 8.00. The molecule has 0 aliphatic heterocycles. The van der Waals surface area contributed by atoms with Crippen LogP contribution >= 0.6 is 11.8 Å². The standard InChI is InChI=1S/C23H30N2O2S/c1-5-18(3)24-23(27)19(4)25(15-20-11-9-10-17(2)14-20)22(26)16-28-21-12-7-6-8-13-21/h6-14,18-19H,5,15-16H2,1-4H3,(H,24,27)/t18-,19-/m0/s1. The summed E-state index contributed by atoms with van der Waals surface area (Å²) in [4.78, 5) is 28.4. The summed E-state index contributed by atoms with van der Waals surface area (Å²) in [5.74, 6) is 0.152. The summed E-state index contributed by atoms with van der Waals surface area (Å²) in [6.45, 7) is 8.26. The number of nitrogens with one attached hydrogen (secondary N) is 1. The minimum Gasteiger partial charge on any atom is -0.352 e. The second kappa shape index (κ2) is 10.9. The first kappa shape index (κ1) is 22.0. The van der Waals surface area contributed by atoms with Gasteiger partial charge >= 0.3 is 0 Å². The highest BCUT2D eigenvalue weighted by atomic mass is 32.2. The molecule has 2 aromatic rings. The van der Waals surface area contributed by atoms with E-state index >= 15 is 0 Å². The summed E-state index contributed by atoms with van der Waals surface area (Å²) in [5, 5.41) is 3.00. The second-order valence-electron chi connectivity index (χ2n) is 7.11. The van der Waals surface area contributed by atoms with Gasteiger partial charge in [0.15, 0.2) is 0 Å². The van der Waals surface area contributed by atoms with Gasteiger partial charge in [0.05, 0.1) is 5.75 Å². The molecule has 0 fully saturated rings. The lowest BCUT2D eigenvalue weighted by molar-refractivity contribution is -0.138. The third-order valence-electron chi connectivity index (χ3n) is 4.71. The number of hydrogen-bond donors (Lipinski definition) is 1. The fraction of sp³-hybridized carbons (Fsp3) is 0.391. The fourth-order valence-electron chi connectivity index (χ4n) is 2.80. The Morgan fingerprint density at radius 3 is 2.43 bits per heavy atom. The number of aryl methyl sites for hydroxylation is 1. The van der Waals surface area contributed by atoms with Crippen molar-refractivity contribution in [3.63, 3.8) is 0 Å². The summed E-state index contributed by atoms with van der Waals surface area (Å²) >= 11 is 1.50. The maximum Gasteiger partial charge on any atom is 0.242 e. The molecular formula is C23H30N2O2S. The Morgan fingerprint density at radius 2 is 1.79 bits per heavy atom. The van der Waals surface area contributed by atoms with Crippen molar-refractivity contribution in [1.82, 2.24) is 10.2 Å². The first-order valence-corrected chi connectivity index (χ1v) is 10.7. The molecule has 2 atom stereocenters. The van der Waals surface area contributed by atoms with Crippen molar-refractivity contribution in [2.45, 2.75) is 57.6 Å². The third kappa shape index (κ3) is 6.71. The minimum atomic E-state index is -0.529. The van der Waals surface area contributed by atoms with E-state index in [2.05, 4.69) is 11.4 Å². The number of thioether (sulfide) groups is 1. The molecule has 150 valence electrons. The molecule has 0 aromatic heterocycles. The van der Waals surface area contributed by atoms with Crippen LogP contribution in [0.2, 0.25) is 0 Å². The van der Waals surface area contributed by atoms with Crippen LogP contribution in [0.4, 0.5) is 0 Å². The van der Waals surface area contributed by atoms with Crippen molar-refractivity contribution in [1.29, 1.82) is 0 Å². The molecule has 0 radical (unpaired) electrons. The smallest absolute Gasteiger partial charge is 0.242 e. The van der Waals surface area contributed by atoms with E-state index < -0.39 is 6.04 Å². The zero-order valence-electron chi connectivity index (χ0n) is 17.1. The Bertz CT molecular complexity index is 779. The van der Waals surface area contributed by atoms with Crippen LogP contribution in [0.15, 0.2) is 59.5 Å². The van der Waals surface area contributed by atoms with Crippen LogP contribution in [-0.4, -0.2) is 34.6 Å². The molecule has 0 aliphatic rings. The third-order valence-corrected chi connectivity index (χ3v) is 5.71. The van der Waals surface area contributed by atoms with Gasteiger partial charge in [-0.2, -0.15) is 0 Å². The van der Waals surface area contributed by atoms with Crippen molar-refractivity contribution in [2.24, 2.45) is 0 Å². The highest BCUT2D eigenvalue weighted by Gasteiger charge is 2.26. The van der Waals surface area contributed by atoms with Crippen LogP contribution < -0.4 is 5.32 Å². The van der Waals surface area contributed by atoms with E-state index in [0.29, 0.717) is 12.3 Å². The molecule has 0 aliphatic carbocycles. The summed E-state index contributed by atoms with van der Waals surface area (Å²) in [5.41, 5.74) is 2.17. The average molecular weight is 399 g/mol. The molecule has 2 rings (SSSR count). The van der Waals surface area contributed by atoms with E-state index in [0.717, 1.165) is 22.4 Å². The normalized spacial score (nSPS) is 12.9. The second-order valence-corrected chi connectivity index (χ2v) is 8.16. The number of carbonyl (C=O) groups is 2. The minimum absolute atomic E-state index is 0.0397. The number of benzene rings is 2. The number of amides is 2. The Kier molecular flexibility index (Phi) is 8.58. The lowest BCUT2D eigenvalue weighted by atomic mass is 10.1. The maximum absolute atomic E-state index is 13.0. The molecule has 0 saturated heterocycles. The topological polar surface area (TPSA) is 49.4 Å². The van der Waals surface area contributed by atoms with Gasteiger partial charge in [-0.3, -0.25) is 9.59 Å². The van der Waals surface area contributed by atoms with Gasteiger partial charge in [0.1, 0.15) is 6.04 Å². The van der Waals surface area contributed by atoms with Crippen LogP contribution in [0.25, 0.3) is 0 Å². The molecule has 5 heteroatoms. The molecule has 0 spiro atoms. The highest BCUT2D eigenvalue weighted by Crippen LogP contribution is 2.19. The lowest BCUT2D eigenvalue weighted by Gasteiger charge is -2.29. The molecule has 1 N–H and O–H groups in total. The van der Waals surface area contributed by atoms with Gasteiger partial charge in [0, 0.05) is 17.5 Å². The molecule has 0 heterocycles. The largest absolute Gasteiger partial charge is 0.352 e. The quantitative estimate of drug-likeness (QED) is 0.636. The Labute approximate surface area is 172 Å². The number of hydrogen-bond acceptors (Lipinski definition) is 3. The van der Waals surface area contributed by atoms with E-state index in [4.69, 9.17) is 0 Å². The van der Waals surface area contributed by atoms with Crippen LogP contribution in [0, 0.1) is 6.92 Å². The van der Waals surface area contributed by atoms with Gasteiger partial charge in [-0.1, -0.05) is 55.0 Å². The zero-order chi connectivity index (χ0) is 20.5. The average Bonchev–Trinajstić information content (AvgIpc) is 2.70. The molecule has 0 unspecified atom stereocenters. The van der Waals surface area contributed by atoms with Gasteiger partial charge in [-0.15, -0.1) is 11.8 Å². The van der Waals surface area contributed by atoms with E-state index in [1.54, 1.807) is 11.8 Å². The van der Waals surface area contributed by atoms with E-state index in [1.165, 1.54) is 11.8 Å². The fourth-order valence-corrected chi connectivity index (χ4v) is 3.61. The van der Waals surface area contributed by atoms with Gasteiger partial charge in [0.2, 0.25) is 11.8 Å². The van der Waals surface area contributed by atoms with Gasteiger partial charge in [-0.25, -0.2) is 0 Å². The predicted molar refractivity (Wildman–Crippen MR) is 116 cm³/mol. The van der Waals surface area contributed by atoms with E-state index in [-0.39, 0.29) is 17.9 Å². The molecule has 28 heavy (non-hydrogen) atoms. The summed E-state index contributed by atoms with van der Waals surface area (Å²) in [6, 6.07) is 17.5. The number of rotatable bonds is 9. The lowest BCUT2D eigenvalue weighted by Crippen LogP contribution is -2.50. The van der Waals surface area contributed by atoms with E-state index in [9.17, 15) is 9.59 Å². The predicted octanol–water partition coefficient (Wildman–Crippen LogP) is 4.42. The van der Waals surface area contributed by atoms with Crippen molar-refractivity contribution in [3.8, 4) is 0 Å². The monoisotopic (exact) mass is 398 g/mol. The van der Waals surface area contributed by atoms with E-state index in [1.807, 2.05) is 69.3 Å². The SMILES string of the molecule is CC[C@H](C)NC(=O)[C@H](C)N(Cc1cccc(C)c1)C(=O)CSc1ccccc1.